The van der Waals surface area contributed by atoms with Crippen molar-refractivity contribution >= 4 is 11.4 Å². The average molecular weight is 269 g/mol. The van der Waals surface area contributed by atoms with E-state index in [2.05, 4.69) is 28.6 Å². The maximum atomic E-state index is 11.7. The van der Waals surface area contributed by atoms with Crippen LogP contribution in [0.3, 0.4) is 0 Å². The highest BCUT2D eigenvalue weighted by Gasteiger charge is 2.40. The molecule has 0 aliphatic heterocycles. The molecular formula is C16H19N3O. The third-order valence-corrected chi connectivity index (χ3v) is 4.47. The van der Waals surface area contributed by atoms with Gasteiger partial charge in [-0.2, -0.15) is 5.10 Å². The molecule has 0 saturated heterocycles. The number of nitrogens with one attached hydrogen (secondary N) is 1. The minimum atomic E-state index is 0.258. The number of aromatic nitrogens is 2. The van der Waals surface area contributed by atoms with Crippen molar-refractivity contribution < 1.29 is 4.79 Å². The molecule has 4 nitrogen and oxygen atoms in total. The Balaban J connectivity index is 1.46. The van der Waals surface area contributed by atoms with Crippen molar-refractivity contribution in [3.05, 3.63) is 35.7 Å². The van der Waals surface area contributed by atoms with E-state index in [1.54, 1.807) is 0 Å². The highest BCUT2D eigenvalue weighted by atomic mass is 16.2. The number of hydrogen-bond acceptors (Lipinski definition) is 2. The van der Waals surface area contributed by atoms with Crippen molar-refractivity contribution in [1.29, 1.82) is 0 Å². The number of amides is 1. The van der Waals surface area contributed by atoms with Crippen LogP contribution in [0.5, 0.6) is 0 Å². The average Bonchev–Trinajstić information content (AvgIpc) is 3.32. The summed E-state index contributed by atoms with van der Waals surface area (Å²) in [5.74, 6) is 1.75. The van der Waals surface area contributed by atoms with Gasteiger partial charge in [0.1, 0.15) is 0 Å². The zero-order valence-electron chi connectivity index (χ0n) is 11.7. The molecule has 104 valence electrons. The van der Waals surface area contributed by atoms with Crippen LogP contribution in [-0.4, -0.2) is 22.1 Å². The summed E-state index contributed by atoms with van der Waals surface area (Å²) in [5.41, 5.74) is 3.64. The van der Waals surface area contributed by atoms with E-state index in [1.165, 1.54) is 17.5 Å². The van der Waals surface area contributed by atoms with Crippen LogP contribution in [-0.2, 0) is 4.79 Å². The third-order valence-electron chi connectivity index (χ3n) is 4.47. The molecule has 2 aromatic rings. The summed E-state index contributed by atoms with van der Waals surface area (Å²) in [5, 5.41) is 7.56. The Morgan fingerprint density at radius 2 is 2.35 bits per heavy atom. The summed E-state index contributed by atoms with van der Waals surface area (Å²) in [6.07, 6.45) is 5.33. The Labute approximate surface area is 118 Å². The van der Waals surface area contributed by atoms with Gasteiger partial charge < -0.3 is 5.32 Å². The standard InChI is InChI=1S/C16H19N3O/c1-10-7-15-13(3-2-6-19(15)18-10)14-8-12(14)9-17-16(20)11-4-5-11/h2-3,6-7,11-12,14H,4-5,8-9H2,1H3,(H,17,20). The smallest absolute Gasteiger partial charge is 0.223 e. The highest BCUT2D eigenvalue weighted by Crippen LogP contribution is 2.48. The second kappa shape index (κ2) is 4.33. The van der Waals surface area contributed by atoms with Gasteiger partial charge in [0, 0.05) is 18.7 Å². The van der Waals surface area contributed by atoms with Crippen LogP contribution in [0.15, 0.2) is 24.4 Å². The molecule has 0 aromatic carbocycles. The number of fused-ring (bicyclic) bond motifs is 1. The van der Waals surface area contributed by atoms with E-state index in [9.17, 15) is 4.79 Å². The molecule has 0 bridgehead atoms. The van der Waals surface area contributed by atoms with E-state index in [1.807, 2.05) is 17.6 Å². The first-order chi connectivity index (χ1) is 9.72. The SMILES string of the molecule is Cc1cc2c(C3CC3CNC(=O)C3CC3)cccn2n1. The molecule has 20 heavy (non-hydrogen) atoms. The van der Waals surface area contributed by atoms with Crippen molar-refractivity contribution in [2.45, 2.75) is 32.1 Å². The van der Waals surface area contributed by atoms with E-state index < -0.39 is 0 Å². The highest BCUT2D eigenvalue weighted by molar-refractivity contribution is 5.80. The van der Waals surface area contributed by atoms with Crippen LogP contribution < -0.4 is 5.32 Å². The molecule has 2 atom stereocenters. The second-order valence-electron chi connectivity index (χ2n) is 6.20. The Morgan fingerprint density at radius 1 is 1.50 bits per heavy atom. The number of rotatable bonds is 4. The molecule has 2 heterocycles. The van der Waals surface area contributed by atoms with E-state index >= 15 is 0 Å². The van der Waals surface area contributed by atoms with Crippen LogP contribution in [0.25, 0.3) is 5.52 Å². The van der Waals surface area contributed by atoms with Crippen molar-refractivity contribution in [3.63, 3.8) is 0 Å². The van der Waals surface area contributed by atoms with Gasteiger partial charge in [0.2, 0.25) is 5.91 Å². The first-order valence-corrected chi connectivity index (χ1v) is 7.45. The number of carbonyl (C=O) groups is 1. The molecule has 2 aliphatic rings. The van der Waals surface area contributed by atoms with Gasteiger partial charge in [0.05, 0.1) is 11.2 Å². The fourth-order valence-electron chi connectivity index (χ4n) is 3.05. The molecule has 0 radical (unpaired) electrons. The number of carbonyl (C=O) groups excluding carboxylic acids is 1. The van der Waals surface area contributed by atoms with Crippen LogP contribution in [0.2, 0.25) is 0 Å². The van der Waals surface area contributed by atoms with Gasteiger partial charge in [-0.25, -0.2) is 4.52 Å². The number of pyridine rings is 1. The molecule has 2 saturated carbocycles. The van der Waals surface area contributed by atoms with E-state index in [0.717, 1.165) is 25.1 Å². The van der Waals surface area contributed by atoms with Gasteiger partial charge in [0.25, 0.3) is 0 Å². The van der Waals surface area contributed by atoms with E-state index in [0.29, 0.717) is 17.8 Å². The maximum Gasteiger partial charge on any atom is 0.223 e. The summed E-state index contributed by atoms with van der Waals surface area (Å²) in [4.78, 5) is 11.7. The zero-order chi connectivity index (χ0) is 13.7. The molecule has 1 N–H and O–H groups in total. The zero-order valence-corrected chi connectivity index (χ0v) is 11.7. The maximum absolute atomic E-state index is 11.7. The predicted octanol–water partition coefficient (Wildman–Crippen LogP) is 2.27. The van der Waals surface area contributed by atoms with Gasteiger partial charge in [-0.1, -0.05) is 6.07 Å². The molecular weight excluding hydrogens is 250 g/mol. The van der Waals surface area contributed by atoms with Crippen molar-refractivity contribution in [2.75, 3.05) is 6.54 Å². The van der Waals surface area contributed by atoms with Gasteiger partial charge in [-0.3, -0.25) is 4.79 Å². The van der Waals surface area contributed by atoms with Gasteiger partial charge in [0.15, 0.2) is 0 Å². The van der Waals surface area contributed by atoms with Crippen molar-refractivity contribution in [2.24, 2.45) is 11.8 Å². The monoisotopic (exact) mass is 269 g/mol. The minimum Gasteiger partial charge on any atom is -0.356 e. The van der Waals surface area contributed by atoms with Gasteiger partial charge in [-0.05, 0) is 55.7 Å². The fraction of sp³-hybridized carbons (Fsp3) is 0.500. The Kier molecular flexibility index (Phi) is 2.59. The molecule has 4 rings (SSSR count). The Morgan fingerprint density at radius 3 is 3.15 bits per heavy atom. The van der Waals surface area contributed by atoms with Gasteiger partial charge >= 0.3 is 0 Å². The van der Waals surface area contributed by atoms with Crippen molar-refractivity contribution in [1.82, 2.24) is 14.9 Å². The van der Waals surface area contributed by atoms with Crippen LogP contribution in [0.1, 0.15) is 36.4 Å². The molecule has 4 heteroatoms. The predicted molar refractivity (Wildman–Crippen MR) is 76.5 cm³/mol. The minimum absolute atomic E-state index is 0.258. The van der Waals surface area contributed by atoms with Crippen LogP contribution in [0.4, 0.5) is 0 Å². The van der Waals surface area contributed by atoms with E-state index in [4.69, 9.17) is 0 Å². The summed E-state index contributed by atoms with van der Waals surface area (Å²) >= 11 is 0. The van der Waals surface area contributed by atoms with Crippen molar-refractivity contribution in [3.8, 4) is 0 Å². The molecule has 1 amide bonds. The Bertz CT molecular complexity index is 671. The normalized spacial score (nSPS) is 24.9. The quantitative estimate of drug-likeness (QED) is 0.925. The fourth-order valence-corrected chi connectivity index (χ4v) is 3.05. The lowest BCUT2D eigenvalue weighted by Gasteiger charge is -2.05. The molecule has 2 aromatic heterocycles. The number of aryl methyl sites for hydroxylation is 1. The lowest BCUT2D eigenvalue weighted by atomic mass is 10.1. The summed E-state index contributed by atoms with van der Waals surface area (Å²) in [6.45, 7) is 2.85. The summed E-state index contributed by atoms with van der Waals surface area (Å²) in [7, 11) is 0. The molecule has 2 fully saturated rings. The van der Waals surface area contributed by atoms with E-state index in [-0.39, 0.29) is 5.91 Å². The first kappa shape index (κ1) is 11.9. The molecule has 0 spiro atoms. The molecule has 2 aliphatic carbocycles. The largest absolute Gasteiger partial charge is 0.356 e. The lowest BCUT2D eigenvalue weighted by molar-refractivity contribution is -0.122. The summed E-state index contributed by atoms with van der Waals surface area (Å²) < 4.78 is 1.96. The third kappa shape index (κ3) is 2.09. The first-order valence-electron chi connectivity index (χ1n) is 7.45. The van der Waals surface area contributed by atoms with Crippen LogP contribution in [0, 0.1) is 18.8 Å². The molecule has 2 unspecified atom stereocenters. The van der Waals surface area contributed by atoms with Gasteiger partial charge in [-0.15, -0.1) is 0 Å². The summed E-state index contributed by atoms with van der Waals surface area (Å²) in [6, 6.07) is 6.41. The second-order valence-corrected chi connectivity index (χ2v) is 6.20. The lowest BCUT2D eigenvalue weighted by Crippen LogP contribution is -2.27. The number of nitrogens with zero attached hydrogens (tertiary/aromatic N) is 2. The van der Waals surface area contributed by atoms with Crippen LogP contribution >= 0.6 is 0 Å². The Hall–Kier alpha value is -1.84. The topological polar surface area (TPSA) is 46.4 Å². The number of hydrogen-bond donors (Lipinski definition) is 1.